The number of methoxy groups -OCH3 is 1. The maximum absolute atomic E-state index is 12.8. The van der Waals surface area contributed by atoms with Crippen molar-refractivity contribution in [2.75, 3.05) is 7.11 Å². The predicted octanol–water partition coefficient (Wildman–Crippen LogP) is 0.955. The number of primary amides is 1. The van der Waals surface area contributed by atoms with Gasteiger partial charge < -0.3 is 21.1 Å². The summed E-state index contributed by atoms with van der Waals surface area (Å²) in [5.74, 6) is -0.875. The minimum atomic E-state index is -0.934. The largest absolute Gasteiger partial charge is 0.496 e. The number of nitrogens with two attached hydrogens (primary N) is 1. The van der Waals surface area contributed by atoms with Crippen LogP contribution in [-0.4, -0.2) is 36.9 Å². The number of carbonyl (C=O) groups is 3. The van der Waals surface area contributed by atoms with Crippen LogP contribution in [0.2, 0.25) is 0 Å². The van der Waals surface area contributed by atoms with Gasteiger partial charge in [0.25, 0.3) is 0 Å². The number of rotatable bonds is 9. The number of carbonyl (C=O) groups excluding carboxylic acids is 3. The molecule has 3 amide bonds. The van der Waals surface area contributed by atoms with E-state index in [4.69, 9.17) is 10.5 Å². The number of amides is 3. The molecular formula is C21H25N3O4. The van der Waals surface area contributed by atoms with Gasteiger partial charge in [0, 0.05) is 19.8 Å². The van der Waals surface area contributed by atoms with Crippen molar-refractivity contribution in [1.82, 2.24) is 10.6 Å². The van der Waals surface area contributed by atoms with Crippen LogP contribution in [0.3, 0.4) is 0 Å². The predicted molar refractivity (Wildman–Crippen MR) is 106 cm³/mol. The molecule has 0 heterocycles. The summed E-state index contributed by atoms with van der Waals surface area (Å²) >= 11 is 0. The average Bonchev–Trinajstić information content (AvgIpc) is 2.67. The van der Waals surface area contributed by atoms with Crippen molar-refractivity contribution in [3.8, 4) is 5.75 Å². The third kappa shape index (κ3) is 6.12. The second-order valence-corrected chi connectivity index (χ2v) is 6.42. The lowest BCUT2D eigenvalue weighted by molar-refractivity contribution is -0.130. The monoisotopic (exact) mass is 383 g/mol. The first-order valence-corrected chi connectivity index (χ1v) is 8.93. The lowest BCUT2D eigenvalue weighted by Gasteiger charge is -2.22. The number of para-hydroxylation sites is 1. The molecule has 2 rings (SSSR count). The van der Waals surface area contributed by atoms with Gasteiger partial charge in [0.2, 0.25) is 17.7 Å². The summed E-state index contributed by atoms with van der Waals surface area (Å²) in [7, 11) is 1.53. The molecule has 0 aliphatic carbocycles. The SMILES string of the molecule is COc1ccccc1C[C@@H](NC(=O)[C@H](Cc1ccccc1)NC(C)=O)C(N)=O. The summed E-state index contributed by atoms with van der Waals surface area (Å²) in [6.45, 7) is 1.34. The number of hydrogen-bond donors (Lipinski definition) is 3. The van der Waals surface area contributed by atoms with Crippen molar-refractivity contribution in [3.05, 3.63) is 65.7 Å². The molecule has 28 heavy (non-hydrogen) atoms. The van der Waals surface area contributed by atoms with Crippen LogP contribution in [0.1, 0.15) is 18.1 Å². The third-order valence-electron chi connectivity index (χ3n) is 4.25. The van der Waals surface area contributed by atoms with Crippen LogP contribution in [-0.2, 0) is 27.2 Å². The smallest absolute Gasteiger partial charge is 0.243 e. The minimum Gasteiger partial charge on any atom is -0.496 e. The molecule has 7 heteroatoms. The molecule has 2 aromatic carbocycles. The van der Waals surface area contributed by atoms with Crippen molar-refractivity contribution in [2.24, 2.45) is 5.73 Å². The zero-order chi connectivity index (χ0) is 20.5. The van der Waals surface area contributed by atoms with E-state index in [2.05, 4.69) is 10.6 Å². The lowest BCUT2D eigenvalue weighted by Crippen LogP contribution is -2.54. The van der Waals surface area contributed by atoms with E-state index < -0.39 is 23.9 Å². The van der Waals surface area contributed by atoms with E-state index in [1.807, 2.05) is 42.5 Å². The van der Waals surface area contributed by atoms with Gasteiger partial charge >= 0.3 is 0 Å². The number of ether oxygens (including phenoxy) is 1. The third-order valence-corrected chi connectivity index (χ3v) is 4.25. The Labute approximate surface area is 164 Å². The summed E-state index contributed by atoms with van der Waals surface area (Å²) < 4.78 is 5.29. The molecule has 0 bridgehead atoms. The van der Waals surface area contributed by atoms with Crippen LogP contribution in [0.25, 0.3) is 0 Å². The van der Waals surface area contributed by atoms with Gasteiger partial charge in [-0.25, -0.2) is 0 Å². The Hall–Kier alpha value is -3.35. The van der Waals surface area contributed by atoms with Gasteiger partial charge in [-0.15, -0.1) is 0 Å². The van der Waals surface area contributed by atoms with Gasteiger partial charge in [0.15, 0.2) is 0 Å². The molecule has 0 aliphatic heterocycles. The molecule has 0 saturated heterocycles. The van der Waals surface area contributed by atoms with Crippen molar-refractivity contribution in [2.45, 2.75) is 31.8 Å². The van der Waals surface area contributed by atoms with Crippen molar-refractivity contribution in [1.29, 1.82) is 0 Å². The van der Waals surface area contributed by atoms with Crippen LogP contribution in [0, 0.1) is 0 Å². The Morgan fingerprint density at radius 3 is 2.18 bits per heavy atom. The molecule has 0 aromatic heterocycles. The highest BCUT2D eigenvalue weighted by Crippen LogP contribution is 2.19. The maximum atomic E-state index is 12.8. The molecule has 0 spiro atoms. The molecule has 0 radical (unpaired) electrons. The zero-order valence-corrected chi connectivity index (χ0v) is 16.0. The summed E-state index contributed by atoms with van der Waals surface area (Å²) in [5.41, 5.74) is 7.13. The molecule has 7 nitrogen and oxygen atoms in total. The van der Waals surface area contributed by atoms with E-state index >= 15 is 0 Å². The van der Waals surface area contributed by atoms with E-state index in [0.29, 0.717) is 12.2 Å². The Balaban J connectivity index is 2.15. The minimum absolute atomic E-state index is 0.184. The van der Waals surface area contributed by atoms with Gasteiger partial charge in [0.1, 0.15) is 17.8 Å². The summed E-state index contributed by atoms with van der Waals surface area (Å²) in [5, 5.41) is 5.29. The maximum Gasteiger partial charge on any atom is 0.243 e. The van der Waals surface area contributed by atoms with Crippen LogP contribution in [0.15, 0.2) is 54.6 Å². The molecule has 0 saturated carbocycles. The van der Waals surface area contributed by atoms with Gasteiger partial charge in [-0.1, -0.05) is 48.5 Å². The number of benzene rings is 2. The van der Waals surface area contributed by atoms with Gasteiger partial charge in [-0.2, -0.15) is 0 Å². The van der Waals surface area contributed by atoms with Gasteiger partial charge in [0.05, 0.1) is 7.11 Å². The van der Waals surface area contributed by atoms with Crippen molar-refractivity contribution in [3.63, 3.8) is 0 Å². The standard InChI is InChI=1S/C21H25N3O4/c1-14(25)23-18(12-15-8-4-3-5-9-15)21(27)24-17(20(22)26)13-16-10-6-7-11-19(16)28-2/h3-11,17-18H,12-13H2,1-2H3,(H2,22,26)(H,23,25)(H,24,27)/t17-,18+/m1/s1. The Kier molecular flexibility index (Phi) is 7.56. The molecule has 0 aliphatic rings. The highest BCUT2D eigenvalue weighted by atomic mass is 16.5. The molecule has 148 valence electrons. The molecule has 4 N–H and O–H groups in total. The average molecular weight is 383 g/mol. The first kappa shape index (κ1) is 21.0. The van der Waals surface area contributed by atoms with Gasteiger partial charge in [-0.3, -0.25) is 14.4 Å². The van der Waals surface area contributed by atoms with E-state index in [9.17, 15) is 14.4 Å². The van der Waals surface area contributed by atoms with Crippen LogP contribution < -0.4 is 21.1 Å². The second kappa shape index (κ2) is 10.1. The zero-order valence-electron chi connectivity index (χ0n) is 16.0. The summed E-state index contributed by atoms with van der Waals surface area (Å²) in [6.07, 6.45) is 0.482. The second-order valence-electron chi connectivity index (χ2n) is 6.42. The highest BCUT2D eigenvalue weighted by molar-refractivity contribution is 5.91. The van der Waals surface area contributed by atoms with E-state index in [-0.39, 0.29) is 12.3 Å². The quantitative estimate of drug-likeness (QED) is 0.599. The van der Waals surface area contributed by atoms with E-state index in [1.165, 1.54) is 14.0 Å². The van der Waals surface area contributed by atoms with Crippen LogP contribution in [0.5, 0.6) is 5.75 Å². The molecule has 2 aromatic rings. The highest BCUT2D eigenvalue weighted by Gasteiger charge is 2.26. The first-order valence-electron chi connectivity index (χ1n) is 8.93. The van der Waals surface area contributed by atoms with Crippen molar-refractivity contribution < 1.29 is 19.1 Å². The molecule has 0 fully saturated rings. The Morgan fingerprint density at radius 2 is 1.57 bits per heavy atom. The molecular weight excluding hydrogens is 358 g/mol. The topological polar surface area (TPSA) is 111 Å². The summed E-state index contributed by atoms with van der Waals surface area (Å²) in [6, 6.07) is 14.7. The van der Waals surface area contributed by atoms with Crippen LogP contribution >= 0.6 is 0 Å². The van der Waals surface area contributed by atoms with Gasteiger partial charge in [-0.05, 0) is 17.2 Å². The van der Waals surface area contributed by atoms with E-state index in [1.54, 1.807) is 12.1 Å². The molecule has 0 unspecified atom stereocenters. The fraction of sp³-hybridized carbons (Fsp3) is 0.286. The number of nitrogens with one attached hydrogen (secondary N) is 2. The Morgan fingerprint density at radius 1 is 0.929 bits per heavy atom. The van der Waals surface area contributed by atoms with Crippen LogP contribution in [0.4, 0.5) is 0 Å². The number of hydrogen-bond acceptors (Lipinski definition) is 4. The normalized spacial score (nSPS) is 12.5. The molecule has 2 atom stereocenters. The summed E-state index contributed by atoms with van der Waals surface area (Å²) in [4.78, 5) is 36.2. The lowest BCUT2D eigenvalue weighted by atomic mass is 10.0. The fourth-order valence-corrected chi connectivity index (χ4v) is 2.89. The van der Waals surface area contributed by atoms with E-state index in [0.717, 1.165) is 11.1 Å². The van der Waals surface area contributed by atoms with Crippen molar-refractivity contribution >= 4 is 17.7 Å². The Bertz CT molecular complexity index is 823. The fourth-order valence-electron chi connectivity index (χ4n) is 2.89. The first-order chi connectivity index (χ1) is 13.4.